The first kappa shape index (κ1) is 21.2. The minimum absolute atomic E-state index is 0.0569. The maximum Gasteiger partial charge on any atom is 0.332 e. The van der Waals surface area contributed by atoms with Crippen molar-refractivity contribution in [3.63, 3.8) is 0 Å². The van der Waals surface area contributed by atoms with Crippen LogP contribution in [0.1, 0.15) is 31.8 Å². The summed E-state index contributed by atoms with van der Waals surface area (Å²) in [5.41, 5.74) is -1.05. The fraction of sp³-hybridized carbons (Fsp3) is 0.0455. The van der Waals surface area contributed by atoms with Gasteiger partial charge in [0.25, 0.3) is 11.3 Å². The fourth-order valence-electron chi connectivity index (χ4n) is 3.40. The predicted molar refractivity (Wildman–Crippen MR) is 113 cm³/mol. The molecule has 10 heteroatoms. The summed E-state index contributed by atoms with van der Waals surface area (Å²) >= 11 is -2.85. The number of nitrogens with zero attached hydrogens (tertiary/aromatic N) is 1. The van der Waals surface area contributed by atoms with Crippen LogP contribution in [-0.4, -0.2) is 43.1 Å². The lowest BCUT2D eigenvalue weighted by Gasteiger charge is -2.24. The molecule has 0 aromatic heterocycles. The van der Waals surface area contributed by atoms with E-state index in [0.717, 1.165) is 6.07 Å². The van der Waals surface area contributed by atoms with E-state index in [-0.39, 0.29) is 22.4 Å². The van der Waals surface area contributed by atoms with Crippen molar-refractivity contribution in [3.05, 3.63) is 82.9 Å². The van der Waals surface area contributed by atoms with Crippen molar-refractivity contribution in [3.8, 4) is 17.2 Å². The highest BCUT2D eigenvalue weighted by molar-refractivity contribution is 7.80. The Hall–Kier alpha value is -4.02. The van der Waals surface area contributed by atoms with Gasteiger partial charge in [0.1, 0.15) is 12.3 Å². The van der Waals surface area contributed by atoms with Crippen molar-refractivity contribution in [1.82, 2.24) is 0 Å². The molecule has 1 aliphatic carbocycles. The number of ketones is 2. The first-order valence-corrected chi connectivity index (χ1v) is 10.3. The van der Waals surface area contributed by atoms with Gasteiger partial charge in [-0.15, -0.1) is 0 Å². The third-order valence-electron chi connectivity index (χ3n) is 4.85. The summed E-state index contributed by atoms with van der Waals surface area (Å²) in [5, 5.41) is 21.0. The Morgan fingerprint density at radius 1 is 0.875 bits per heavy atom. The molecule has 162 valence electrons. The molecule has 0 saturated carbocycles. The molecule has 0 heterocycles. The number of benzene rings is 3. The normalized spacial score (nSPS) is 13.2. The number of aromatic hydroxyl groups is 2. The number of carbonyl (C=O) groups excluding carboxylic acids is 3. The van der Waals surface area contributed by atoms with Crippen molar-refractivity contribution in [2.45, 2.75) is 0 Å². The third-order valence-corrected chi connectivity index (χ3v) is 5.55. The standard InChI is InChI=1S/C22H15NO8S/c24-17(31-12-6-2-1-3-7-12)11-23(32(29)30)16-10-15-18(22(28)21(16)27)20(26)14-9-5-4-8-13(14)19(15)25/h1-10,27-28H,11H2,(H,29,30). The van der Waals surface area contributed by atoms with Crippen molar-refractivity contribution in [2.75, 3.05) is 10.8 Å². The molecule has 3 aromatic rings. The second-order valence-corrected chi connectivity index (χ2v) is 7.68. The lowest BCUT2D eigenvalue weighted by atomic mass is 9.83. The quantitative estimate of drug-likeness (QED) is 0.181. The molecule has 4 rings (SSSR count). The van der Waals surface area contributed by atoms with Gasteiger partial charge in [0.2, 0.25) is 0 Å². The Kier molecular flexibility index (Phi) is 5.47. The summed E-state index contributed by atoms with van der Waals surface area (Å²) in [7, 11) is 0. The van der Waals surface area contributed by atoms with Gasteiger partial charge in [-0.05, 0) is 18.2 Å². The van der Waals surface area contributed by atoms with Crippen LogP contribution in [0.25, 0.3) is 0 Å². The SMILES string of the molecule is O=C(CN(c1cc2c(c(O)c1O)C(=O)c1ccccc1C2=O)S(=O)O)Oc1ccccc1. The molecule has 0 fully saturated rings. The molecular formula is C22H15NO8S. The van der Waals surface area contributed by atoms with Crippen LogP contribution in [0.2, 0.25) is 0 Å². The Labute approximate surface area is 183 Å². The van der Waals surface area contributed by atoms with Crippen LogP contribution in [0.5, 0.6) is 17.2 Å². The Bertz CT molecular complexity index is 1290. The molecule has 1 atom stereocenters. The lowest BCUT2D eigenvalue weighted by molar-refractivity contribution is -0.132. The molecule has 32 heavy (non-hydrogen) atoms. The molecule has 9 nitrogen and oxygen atoms in total. The summed E-state index contributed by atoms with van der Waals surface area (Å²) < 4.78 is 27.3. The Balaban J connectivity index is 1.75. The number of esters is 1. The van der Waals surface area contributed by atoms with Gasteiger partial charge in [0.15, 0.2) is 23.1 Å². The highest BCUT2D eigenvalue weighted by atomic mass is 32.2. The number of hydrogen-bond donors (Lipinski definition) is 3. The lowest BCUT2D eigenvalue weighted by Crippen LogP contribution is -2.34. The number of fused-ring (bicyclic) bond motifs is 2. The maximum absolute atomic E-state index is 12.9. The van der Waals surface area contributed by atoms with Crippen LogP contribution in [0.4, 0.5) is 5.69 Å². The number of hydrogen-bond acceptors (Lipinski definition) is 7. The second-order valence-electron chi connectivity index (χ2n) is 6.77. The topological polar surface area (TPSA) is 141 Å². The zero-order chi connectivity index (χ0) is 23.0. The second kappa shape index (κ2) is 8.25. The minimum Gasteiger partial charge on any atom is -0.504 e. The Morgan fingerprint density at radius 3 is 2.09 bits per heavy atom. The zero-order valence-corrected chi connectivity index (χ0v) is 17.0. The summed E-state index contributed by atoms with van der Waals surface area (Å²) in [5.74, 6) is -3.92. The van der Waals surface area contributed by atoms with Gasteiger partial charge in [-0.3, -0.25) is 18.4 Å². The van der Waals surface area contributed by atoms with E-state index in [0.29, 0.717) is 4.31 Å². The number of para-hydroxylation sites is 1. The summed E-state index contributed by atoms with van der Waals surface area (Å²) in [4.78, 5) is 38.0. The van der Waals surface area contributed by atoms with E-state index in [1.54, 1.807) is 30.3 Å². The largest absolute Gasteiger partial charge is 0.504 e. The molecule has 1 unspecified atom stereocenters. The predicted octanol–water partition coefficient (Wildman–Crippen LogP) is 2.42. The van der Waals surface area contributed by atoms with Crippen LogP contribution in [0.3, 0.4) is 0 Å². The molecule has 0 bridgehead atoms. The molecule has 0 spiro atoms. The monoisotopic (exact) mass is 453 g/mol. The van der Waals surface area contributed by atoms with Gasteiger partial charge in [0, 0.05) is 16.7 Å². The van der Waals surface area contributed by atoms with Crippen LogP contribution < -0.4 is 9.04 Å². The van der Waals surface area contributed by atoms with Crippen molar-refractivity contribution in [2.24, 2.45) is 0 Å². The number of rotatable bonds is 5. The van der Waals surface area contributed by atoms with Crippen LogP contribution >= 0.6 is 0 Å². The molecular weight excluding hydrogens is 438 g/mol. The molecule has 0 aliphatic heterocycles. The van der Waals surface area contributed by atoms with Crippen LogP contribution in [0.15, 0.2) is 60.7 Å². The van der Waals surface area contributed by atoms with E-state index in [1.807, 2.05) is 0 Å². The van der Waals surface area contributed by atoms with Gasteiger partial charge in [-0.2, -0.15) is 0 Å². The highest BCUT2D eigenvalue weighted by Crippen LogP contribution is 2.44. The van der Waals surface area contributed by atoms with Crippen LogP contribution in [-0.2, 0) is 16.1 Å². The molecule has 3 aromatic carbocycles. The van der Waals surface area contributed by atoms with Crippen molar-refractivity contribution < 1.29 is 38.1 Å². The van der Waals surface area contributed by atoms with Gasteiger partial charge >= 0.3 is 5.97 Å². The summed E-state index contributed by atoms with van der Waals surface area (Å²) in [6.45, 7) is -0.803. The first-order valence-electron chi connectivity index (χ1n) is 9.21. The van der Waals surface area contributed by atoms with Gasteiger partial charge in [0.05, 0.1) is 11.3 Å². The van der Waals surface area contributed by atoms with E-state index in [2.05, 4.69) is 0 Å². The summed E-state index contributed by atoms with van der Waals surface area (Å²) in [6.07, 6.45) is 0. The van der Waals surface area contributed by atoms with E-state index in [9.17, 15) is 33.4 Å². The molecule has 0 saturated heterocycles. The van der Waals surface area contributed by atoms with E-state index in [4.69, 9.17) is 4.74 Å². The first-order chi connectivity index (χ1) is 15.3. The number of anilines is 1. The number of carbonyl (C=O) groups is 3. The Morgan fingerprint density at radius 2 is 1.47 bits per heavy atom. The molecule has 0 amide bonds. The smallest absolute Gasteiger partial charge is 0.332 e. The molecule has 3 N–H and O–H groups in total. The zero-order valence-electron chi connectivity index (χ0n) is 16.2. The maximum atomic E-state index is 12.9. The number of ether oxygens (including phenoxy) is 1. The fourth-order valence-corrected chi connectivity index (χ4v) is 3.92. The summed E-state index contributed by atoms with van der Waals surface area (Å²) in [6, 6.07) is 14.9. The van der Waals surface area contributed by atoms with Crippen molar-refractivity contribution in [1.29, 1.82) is 0 Å². The van der Waals surface area contributed by atoms with E-state index < -0.39 is 58.1 Å². The van der Waals surface area contributed by atoms with E-state index in [1.165, 1.54) is 24.3 Å². The highest BCUT2D eigenvalue weighted by Gasteiger charge is 2.36. The van der Waals surface area contributed by atoms with Gasteiger partial charge in [-0.1, -0.05) is 42.5 Å². The van der Waals surface area contributed by atoms with Crippen LogP contribution in [0, 0.1) is 0 Å². The minimum atomic E-state index is -2.85. The van der Waals surface area contributed by atoms with E-state index >= 15 is 0 Å². The number of phenols is 2. The number of phenolic OH excluding ortho intramolecular Hbond substituents is 2. The third kappa shape index (κ3) is 3.61. The molecule has 0 radical (unpaired) electrons. The molecule has 1 aliphatic rings. The average molecular weight is 453 g/mol. The average Bonchev–Trinajstić information content (AvgIpc) is 2.78. The van der Waals surface area contributed by atoms with Crippen molar-refractivity contribution >= 4 is 34.5 Å². The van der Waals surface area contributed by atoms with Gasteiger partial charge in [-0.25, -0.2) is 9.00 Å². The van der Waals surface area contributed by atoms with Gasteiger partial charge < -0.3 is 14.9 Å².